The Morgan fingerprint density at radius 3 is 2.72 bits per heavy atom. The van der Waals surface area contributed by atoms with Gasteiger partial charge >= 0.3 is 6.03 Å². The molecule has 0 saturated heterocycles. The number of anilines is 1. The Labute approximate surface area is 109 Å². The lowest BCUT2D eigenvalue weighted by Crippen LogP contribution is -2.44. The number of hydrogen-bond donors (Lipinski definition) is 3. The maximum absolute atomic E-state index is 11.5. The Morgan fingerprint density at radius 1 is 1.44 bits per heavy atom. The van der Waals surface area contributed by atoms with Gasteiger partial charge in [0.05, 0.1) is 5.02 Å². The molecule has 0 spiro atoms. The van der Waals surface area contributed by atoms with Crippen LogP contribution in [0.25, 0.3) is 0 Å². The minimum absolute atomic E-state index is 0.288. The van der Waals surface area contributed by atoms with Gasteiger partial charge in [-0.25, -0.2) is 4.79 Å². The summed E-state index contributed by atoms with van der Waals surface area (Å²) in [7, 11) is 1.41. The van der Waals surface area contributed by atoms with Crippen LogP contribution in [0.3, 0.4) is 0 Å². The molecule has 0 aliphatic carbocycles. The number of benzene rings is 1. The lowest BCUT2D eigenvalue weighted by atomic mass is 10.3. The molecule has 0 fully saturated rings. The summed E-state index contributed by atoms with van der Waals surface area (Å²) < 4.78 is 5.33. The van der Waals surface area contributed by atoms with E-state index >= 15 is 0 Å². The highest BCUT2D eigenvalue weighted by atomic mass is 35.5. The molecule has 1 atom stereocenters. The van der Waals surface area contributed by atoms with Crippen molar-refractivity contribution in [3.8, 4) is 5.75 Å². The van der Waals surface area contributed by atoms with E-state index in [-0.39, 0.29) is 5.75 Å². The predicted octanol–water partition coefficient (Wildman–Crippen LogP) is 1.15. The Balaban J connectivity index is 2.69. The van der Waals surface area contributed by atoms with Crippen molar-refractivity contribution in [3.05, 3.63) is 23.2 Å². The molecule has 0 aliphatic heterocycles. The molecule has 1 rings (SSSR count). The fourth-order valence-electron chi connectivity index (χ4n) is 1.13. The van der Waals surface area contributed by atoms with Crippen LogP contribution >= 0.6 is 11.6 Å². The molecule has 7 heteroatoms. The van der Waals surface area contributed by atoms with Gasteiger partial charge in [-0.2, -0.15) is 0 Å². The van der Waals surface area contributed by atoms with Crippen LogP contribution in [0.1, 0.15) is 6.92 Å². The van der Waals surface area contributed by atoms with Crippen molar-refractivity contribution in [1.29, 1.82) is 0 Å². The van der Waals surface area contributed by atoms with Gasteiger partial charge in [-0.1, -0.05) is 11.6 Å². The van der Waals surface area contributed by atoms with Crippen LogP contribution in [0.4, 0.5) is 10.5 Å². The quantitative estimate of drug-likeness (QED) is 0.719. The minimum atomic E-state index is -0.874. The van der Waals surface area contributed by atoms with Gasteiger partial charge in [-0.3, -0.25) is 10.1 Å². The molecule has 0 aliphatic rings. The van der Waals surface area contributed by atoms with Gasteiger partial charge in [0.1, 0.15) is 5.75 Å². The van der Waals surface area contributed by atoms with Gasteiger partial charge in [0, 0.05) is 18.8 Å². The molecule has 0 bridgehead atoms. The number of nitrogen functional groups attached to an aromatic ring is 1. The van der Waals surface area contributed by atoms with E-state index in [9.17, 15) is 9.59 Å². The number of carbonyl (C=O) groups excluding carboxylic acids is 2. The molecule has 4 N–H and O–H groups in total. The van der Waals surface area contributed by atoms with Crippen molar-refractivity contribution in [2.75, 3.05) is 12.8 Å². The fraction of sp³-hybridized carbons (Fsp3) is 0.273. The second kappa shape index (κ2) is 6.11. The smallest absolute Gasteiger partial charge is 0.321 e. The normalized spacial score (nSPS) is 11.5. The van der Waals surface area contributed by atoms with Crippen LogP contribution in [-0.2, 0) is 4.79 Å². The standard InChI is InChI=1S/C11H14ClN3O3/c1-6(10(16)15-11(17)14-2)18-9-5-7(13)3-4-8(9)12/h3-6H,13H2,1-2H3,(H2,14,15,16,17). The molecule has 1 aromatic rings. The summed E-state index contributed by atoms with van der Waals surface area (Å²) in [5.41, 5.74) is 6.04. The molecule has 0 heterocycles. The van der Waals surface area contributed by atoms with Gasteiger partial charge in [0.25, 0.3) is 5.91 Å². The number of carbonyl (C=O) groups is 2. The zero-order chi connectivity index (χ0) is 13.7. The Hall–Kier alpha value is -1.95. The van der Waals surface area contributed by atoms with Crippen LogP contribution in [0.5, 0.6) is 5.75 Å². The zero-order valence-electron chi connectivity index (χ0n) is 9.99. The average Bonchev–Trinajstić information content (AvgIpc) is 2.33. The third kappa shape index (κ3) is 3.81. The van der Waals surface area contributed by atoms with Gasteiger partial charge in [-0.05, 0) is 19.1 Å². The third-order valence-corrected chi connectivity index (χ3v) is 2.40. The van der Waals surface area contributed by atoms with Gasteiger partial charge in [0.2, 0.25) is 0 Å². The number of nitrogens with two attached hydrogens (primary N) is 1. The molecule has 1 unspecified atom stereocenters. The topological polar surface area (TPSA) is 93.5 Å². The summed E-state index contributed by atoms with van der Waals surface area (Å²) in [5, 5.41) is 4.69. The molecule has 6 nitrogen and oxygen atoms in total. The van der Waals surface area contributed by atoms with Crippen LogP contribution in [0.2, 0.25) is 5.02 Å². The van der Waals surface area contributed by atoms with Crippen LogP contribution in [0.15, 0.2) is 18.2 Å². The molecule has 0 saturated carbocycles. The van der Waals surface area contributed by atoms with E-state index in [1.165, 1.54) is 20.0 Å². The van der Waals surface area contributed by atoms with E-state index in [1.54, 1.807) is 12.1 Å². The second-order valence-corrected chi connectivity index (χ2v) is 3.93. The Kier molecular flexibility index (Phi) is 4.79. The fourth-order valence-corrected chi connectivity index (χ4v) is 1.29. The highest BCUT2D eigenvalue weighted by Gasteiger charge is 2.18. The SMILES string of the molecule is CNC(=O)NC(=O)C(C)Oc1cc(N)ccc1Cl. The number of hydrogen-bond acceptors (Lipinski definition) is 4. The minimum Gasteiger partial charge on any atom is -0.479 e. The predicted molar refractivity (Wildman–Crippen MR) is 68.6 cm³/mol. The number of halogens is 1. The lowest BCUT2D eigenvalue weighted by Gasteiger charge is -2.15. The molecule has 0 radical (unpaired) electrons. The van der Waals surface area contributed by atoms with E-state index in [0.717, 1.165) is 0 Å². The Morgan fingerprint density at radius 2 is 2.11 bits per heavy atom. The summed E-state index contributed by atoms with van der Waals surface area (Å²) in [6.07, 6.45) is -0.874. The second-order valence-electron chi connectivity index (χ2n) is 3.52. The number of amides is 3. The van der Waals surface area contributed by atoms with Crippen molar-refractivity contribution in [2.24, 2.45) is 0 Å². The monoisotopic (exact) mass is 271 g/mol. The van der Waals surface area contributed by atoms with Crippen molar-refractivity contribution in [1.82, 2.24) is 10.6 Å². The average molecular weight is 272 g/mol. The number of ether oxygens (including phenoxy) is 1. The van der Waals surface area contributed by atoms with Gasteiger partial charge in [-0.15, -0.1) is 0 Å². The van der Waals surface area contributed by atoms with Gasteiger partial charge in [0.15, 0.2) is 6.10 Å². The van der Waals surface area contributed by atoms with E-state index in [0.29, 0.717) is 10.7 Å². The van der Waals surface area contributed by atoms with Crippen LogP contribution in [0, 0.1) is 0 Å². The molecule has 3 amide bonds. The first-order valence-corrected chi connectivity index (χ1v) is 5.56. The van der Waals surface area contributed by atoms with Crippen molar-refractivity contribution < 1.29 is 14.3 Å². The van der Waals surface area contributed by atoms with Crippen molar-refractivity contribution >= 4 is 29.2 Å². The lowest BCUT2D eigenvalue weighted by molar-refractivity contribution is -0.126. The first-order valence-electron chi connectivity index (χ1n) is 5.18. The van der Waals surface area contributed by atoms with E-state index in [1.807, 2.05) is 0 Å². The van der Waals surface area contributed by atoms with Gasteiger partial charge < -0.3 is 15.8 Å². The van der Waals surface area contributed by atoms with Crippen molar-refractivity contribution in [2.45, 2.75) is 13.0 Å². The number of nitrogens with one attached hydrogen (secondary N) is 2. The maximum atomic E-state index is 11.5. The summed E-state index contributed by atoms with van der Waals surface area (Å²) in [4.78, 5) is 22.5. The van der Waals surface area contributed by atoms with Crippen molar-refractivity contribution in [3.63, 3.8) is 0 Å². The first-order chi connectivity index (χ1) is 8.43. The van der Waals surface area contributed by atoms with E-state index in [2.05, 4.69) is 10.6 Å². The van der Waals surface area contributed by atoms with Crippen LogP contribution < -0.4 is 21.1 Å². The summed E-state index contributed by atoms with van der Waals surface area (Å²) in [6.45, 7) is 1.50. The number of imide groups is 1. The molecule has 1 aromatic carbocycles. The zero-order valence-corrected chi connectivity index (χ0v) is 10.7. The summed E-state index contributed by atoms with van der Waals surface area (Å²) in [5.74, 6) is -0.288. The molecule has 0 aromatic heterocycles. The maximum Gasteiger partial charge on any atom is 0.321 e. The molecular weight excluding hydrogens is 258 g/mol. The first kappa shape index (κ1) is 14.1. The number of rotatable bonds is 3. The molecule has 98 valence electrons. The summed E-state index contributed by atoms with van der Waals surface area (Å²) >= 11 is 5.89. The largest absolute Gasteiger partial charge is 0.479 e. The highest BCUT2D eigenvalue weighted by Crippen LogP contribution is 2.27. The van der Waals surface area contributed by atoms with Crippen LogP contribution in [-0.4, -0.2) is 25.1 Å². The number of urea groups is 1. The van der Waals surface area contributed by atoms with E-state index < -0.39 is 18.0 Å². The third-order valence-electron chi connectivity index (χ3n) is 2.09. The molecular formula is C11H14ClN3O3. The summed E-state index contributed by atoms with van der Waals surface area (Å²) in [6, 6.07) is 4.08. The highest BCUT2D eigenvalue weighted by molar-refractivity contribution is 6.32. The van der Waals surface area contributed by atoms with E-state index in [4.69, 9.17) is 22.1 Å². The molecule has 18 heavy (non-hydrogen) atoms. The Bertz CT molecular complexity index is 465.